The van der Waals surface area contributed by atoms with E-state index in [1.54, 1.807) is 34.6 Å². The van der Waals surface area contributed by atoms with Crippen LogP contribution in [-0.2, 0) is 33.4 Å². The molecular weight excluding hydrogens is 548 g/mol. The number of ketones is 1. The first-order valence-corrected chi connectivity index (χ1v) is 14.4. The molecule has 2 unspecified atom stereocenters. The van der Waals surface area contributed by atoms with Gasteiger partial charge in [0.2, 0.25) is 17.6 Å². The lowest BCUT2D eigenvalue weighted by Crippen LogP contribution is -2.59. The number of alkyl carbamates (subject to hydrolysis) is 1. The van der Waals surface area contributed by atoms with Crippen LogP contribution in [0.3, 0.4) is 0 Å². The van der Waals surface area contributed by atoms with Crippen LogP contribution in [0, 0.1) is 17.3 Å². The number of aliphatic carboxylic acids is 1. The summed E-state index contributed by atoms with van der Waals surface area (Å²) in [6.07, 6.45) is -0.722. The Labute approximate surface area is 248 Å². The predicted octanol–water partition coefficient (Wildman–Crippen LogP) is 1.87. The SMILES string of the molecule is CC[C@@H](C)C(NC(=O)[C@@H]1C[C@@H](OC(C)(C)C)CN1C(=O)C(NC(=O)OCC(C)C)C(C)(C)C)C(=O)C(=O)NCC(=O)O. The smallest absolute Gasteiger partial charge is 0.407 e. The lowest BCUT2D eigenvalue weighted by Gasteiger charge is -2.35. The van der Waals surface area contributed by atoms with Crippen molar-refractivity contribution in [1.29, 1.82) is 0 Å². The minimum Gasteiger partial charge on any atom is -0.480 e. The zero-order valence-corrected chi connectivity index (χ0v) is 26.7. The van der Waals surface area contributed by atoms with E-state index in [-0.39, 0.29) is 25.5 Å². The summed E-state index contributed by atoms with van der Waals surface area (Å²) >= 11 is 0. The van der Waals surface area contributed by atoms with Gasteiger partial charge in [0.15, 0.2) is 0 Å². The van der Waals surface area contributed by atoms with Crippen molar-refractivity contribution in [3.63, 3.8) is 0 Å². The highest BCUT2D eigenvalue weighted by atomic mass is 16.5. The predicted molar refractivity (Wildman–Crippen MR) is 154 cm³/mol. The van der Waals surface area contributed by atoms with E-state index in [2.05, 4.69) is 10.6 Å². The molecule has 13 nitrogen and oxygen atoms in total. The molecule has 1 saturated heterocycles. The third kappa shape index (κ3) is 11.6. The molecule has 0 bridgehead atoms. The first-order valence-electron chi connectivity index (χ1n) is 14.4. The van der Waals surface area contributed by atoms with Crippen LogP contribution in [0.2, 0.25) is 0 Å². The van der Waals surface area contributed by atoms with Gasteiger partial charge in [-0.25, -0.2) is 4.79 Å². The highest BCUT2D eigenvalue weighted by molar-refractivity contribution is 6.38. The Morgan fingerprint density at radius 1 is 0.976 bits per heavy atom. The number of Topliss-reactive ketones (excluding diaryl/α,β-unsaturated/α-hetero) is 1. The largest absolute Gasteiger partial charge is 0.480 e. The van der Waals surface area contributed by atoms with Gasteiger partial charge in [0.25, 0.3) is 5.91 Å². The number of hydrogen-bond donors (Lipinski definition) is 4. The summed E-state index contributed by atoms with van der Waals surface area (Å²) in [5, 5.41) is 16.2. The van der Waals surface area contributed by atoms with Crippen molar-refractivity contribution in [3.8, 4) is 0 Å². The van der Waals surface area contributed by atoms with Crippen LogP contribution in [0.25, 0.3) is 0 Å². The number of hydrogen-bond acceptors (Lipinski definition) is 8. The number of carboxylic acid groups (broad SMARTS) is 1. The molecule has 1 heterocycles. The van der Waals surface area contributed by atoms with Crippen molar-refractivity contribution >= 4 is 35.6 Å². The summed E-state index contributed by atoms with van der Waals surface area (Å²) in [7, 11) is 0. The molecule has 4 amide bonds. The van der Waals surface area contributed by atoms with E-state index in [0.717, 1.165) is 0 Å². The number of ether oxygens (including phenoxy) is 2. The lowest BCUT2D eigenvalue weighted by molar-refractivity contribution is -0.145. The topological polar surface area (TPSA) is 180 Å². The standard InChI is InChI=1S/C29H50N4O9/c1-11-17(4)21(22(36)25(38)30-13-20(34)35)31-24(37)19-12-18(42-29(8,9)10)14-33(19)26(39)23(28(5,6)7)32-27(40)41-15-16(2)3/h16-19,21,23H,11-15H2,1-10H3,(H,30,38)(H,31,37)(H,32,40)(H,34,35)/t17-,18-,19+,21?,23?/m1/s1. The summed E-state index contributed by atoms with van der Waals surface area (Å²) in [5.41, 5.74) is -1.33. The summed E-state index contributed by atoms with van der Waals surface area (Å²) in [6, 6.07) is -3.36. The van der Waals surface area contributed by atoms with Crippen LogP contribution in [0.5, 0.6) is 0 Å². The van der Waals surface area contributed by atoms with Gasteiger partial charge in [-0.1, -0.05) is 54.9 Å². The van der Waals surface area contributed by atoms with E-state index in [9.17, 15) is 28.8 Å². The van der Waals surface area contributed by atoms with E-state index in [4.69, 9.17) is 14.6 Å². The zero-order valence-electron chi connectivity index (χ0n) is 26.7. The first-order chi connectivity index (χ1) is 19.2. The molecule has 5 atom stereocenters. The van der Waals surface area contributed by atoms with Gasteiger partial charge in [0.1, 0.15) is 18.6 Å². The highest BCUT2D eigenvalue weighted by Gasteiger charge is 2.47. The number of rotatable bonds is 13. The van der Waals surface area contributed by atoms with Crippen LogP contribution >= 0.6 is 0 Å². The second kappa shape index (κ2) is 15.3. The molecule has 0 spiro atoms. The molecule has 0 aromatic rings. The van der Waals surface area contributed by atoms with Crippen LogP contribution in [0.4, 0.5) is 4.79 Å². The second-order valence-corrected chi connectivity index (χ2v) is 13.3. The van der Waals surface area contributed by atoms with Crippen LogP contribution in [0.15, 0.2) is 0 Å². The van der Waals surface area contributed by atoms with Crippen LogP contribution in [0.1, 0.15) is 82.1 Å². The Morgan fingerprint density at radius 3 is 2.05 bits per heavy atom. The lowest BCUT2D eigenvalue weighted by atomic mass is 9.85. The number of carbonyl (C=O) groups excluding carboxylic acids is 5. The van der Waals surface area contributed by atoms with Gasteiger partial charge in [-0.15, -0.1) is 0 Å². The number of likely N-dealkylation sites (tertiary alicyclic amines) is 1. The van der Waals surface area contributed by atoms with Gasteiger partial charge >= 0.3 is 12.1 Å². The fourth-order valence-electron chi connectivity index (χ4n) is 4.43. The minimum absolute atomic E-state index is 0.0601. The maximum absolute atomic E-state index is 14.0. The molecule has 13 heteroatoms. The molecule has 240 valence electrons. The Balaban J connectivity index is 3.34. The fraction of sp³-hybridized carbons (Fsp3) is 0.793. The molecule has 1 rings (SSSR count). The molecule has 1 aliphatic heterocycles. The summed E-state index contributed by atoms with van der Waals surface area (Å²) in [6.45, 7) is 17.6. The minimum atomic E-state index is -1.32. The van der Waals surface area contributed by atoms with Gasteiger partial charge in [-0.2, -0.15) is 0 Å². The molecule has 0 aromatic heterocycles. The van der Waals surface area contributed by atoms with Gasteiger partial charge < -0.3 is 35.4 Å². The highest BCUT2D eigenvalue weighted by Crippen LogP contribution is 2.29. The van der Waals surface area contributed by atoms with E-state index in [0.29, 0.717) is 6.42 Å². The van der Waals surface area contributed by atoms with Crippen molar-refractivity contribution in [2.75, 3.05) is 19.7 Å². The average Bonchev–Trinajstić information content (AvgIpc) is 3.27. The number of carbonyl (C=O) groups is 6. The molecule has 0 saturated carbocycles. The van der Waals surface area contributed by atoms with Crippen molar-refractivity contribution < 1.29 is 43.3 Å². The second-order valence-electron chi connectivity index (χ2n) is 13.3. The Morgan fingerprint density at radius 2 is 1.57 bits per heavy atom. The van der Waals surface area contributed by atoms with Crippen molar-refractivity contribution in [1.82, 2.24) is 20.9 Å². The monoisotopic (exact) mass is 598 g/mol. The quantitative estimate of drug-likeness (QED) is 0.230. The molecule has 42 heavy (non-hydrogen) atoms. The first kappa shape index (κ1) is 36.8. The number of nitrogens with one attached hydrogen (secondary N) is 3. The van der Waals surface area contributed by atoms with Crippen molar-refractivity contribution in [2.24, 2.45) is 17.3 Å². The summed E-state index contributed by atoms with van der Waals surface area (Å²) in [5.74, 6) is -5.00. The van der Waals surface area contributed by atoms with Gasteiger partial charge in [-0.3, -0.25) is 24.0 Å². The average molecular weight is 599 g/mol. The van der Waals surface area contributed by atoms with Crippen molar-refractivity contribution in [2.45, 2.75) is 112 Å². The number of carboxylic acids is 1. The third-order valence-electron chi connectivity index (χ3n) is 6.71. The molecule has 1 fully saturated rings. The molecule has 1 aliphatic rings. The number of nitrogens with zero attached hydrogens (tertiary/aromatic N) is 1. The number of amides is 4. The third-order valence-corrected chi connectivity index (χ3v) is 6.71. The Kier molecular flexibility index (Phi) is 13.4. The molecule has 0 radical (unpaired) electrons. The van der Waals surface area contributed by atoms with Crippen LogP contribution in [-0.4, -0.2) is 95.1 Å². The maximum atomic E-state index is 14.0. The zero-order chi connectivity index (χ0) is 32.6. The van der Waals surface area contributed by atoms with E-state index >= 15 is 0 Å². The molecular formula is C29H50N4O9. The Bertz CT molecular complexity index is 1000. The molecule has 0 aliphatic carbocycles. The van der Waals surface area contributed by atoms with E-state index in [1.807, 2.05) is 39.9 Å². The van der Waals surface area contributed by atoms with Gasteiger partial charge in [-0.05, 0) is 38.0 Å². The normalized spacial score (nSPS) is 19.5. The van der Waals surface area contributed by atoms with E-state index in [1.165, 1.54) is 4.90 Å². The maximum Gasteiger partial charge on any atom is 0.407 e. The van der Waals surface area contributed by atoms with Gasteiger partial charge in [0.05, 0.1) is 24.4 Å². The molecule has 0 aromatic carbocycles. The van der Waals surface area contributed by atoms with Crippen LogP contribution < -0.4 is 16.0 Å². The Hall–Kier alpha value is -3.22. The summed E-state index contributed by atoms with van der Waals surface area (Å²) < 4.78 is 11.4. The summed E-state index contributed by atoms with van der Waals surface area (Å²) in [4.78, 5) is 77.8. The fourth-order valence-corrected chi connectivity index (χ4v) is 4.43. The van der Waals surface area contributed by atoms with E-state index < -0.39 is 83.3 Å². The van der Waals surface area contributed by atoms with Gasteiger partial charge in [0, 0.05) is 13.0 Å². The van der Waals surface area contributed by atoms with Crippen molar-refractivity contribution in [3.05, 3.63) is 0 Å². The molecule has 4 N–H and O–H groups in total.